The Balaban J connectivity index is 1.91. The summed E-state index contributed by atoms with van der Waals surface area (Å²) < 4.78 is 19.9. The van der Waals surface area contributed by atoms with Gasteiger partial charge in [-0.2, -0.15) is 5.26 Å². The van der Waals surface area contributed by atoms with Crippen LogP contribution in [0.5, 0.6) is 5.75 Å². The minimum Gasteiger partial charge on any atom is -0.489 e. The molecule has 130 valence electrons. The van der Waals surface area contributed by atoms with E-state index in [1.165, 1.54) is 12.1 Å². The molecule has 0 bridgehead atoms. The van der Waals surface area contributed by atoms with Gasteiger partial charge in [-0.05, 0) is 48.9 Å². The van der Waals surface area contributed by atoms with Crippen LogP contribution >= 0.6 is 15.9 Å². The van der Waals surface area contributed by atoms with Gasteiger partial charge in [0.1, 0.15) is 29.8 Å². The predicted octanol–water partition coefficient (Wildman–Crippen LogP) is 4.70. The highest BCUT2D eigenvalue weighted by atomic mass is 79.9. The molecule has 0 spiro atoms. The number of benzene rings is 2. The number of aromatic nitrogens is 1. The normalized spacial score (nSPS) is 10.4. The summed E-state index contributed by atoms with van der Waals surface area (Å²) in [6.07, 6.45) is 0. The van der Waals surface area contributed by atoms with Crippen LogP contribution in [-0.2, 0) is 6.61 Å². The highest BCUT2D eigenvalue weighted by Gasteiger charge is 2.11. The Labute approximate surface area is 158 Å². The van der Waals surface area contributed by atoms with Gasteiger partial charge in [-0.3, -0.25) is 4.79 Å². The molecule has 0 saturated heterocycles. The molecule has 0 aliphatic heterocycles. The second kappa shape index (κ2) is 7.54. The van der Waals surface area contributed by atoms with E-state index in [0.717, 1.165) is 4.47 Å². The summed E-state index contributed by atoms with van der Waals surface area (Å²) in [5.74, 6) is 0.221. The van der Waals surface area contributed by atoms with Gasteiger partial charge in [0.15, 0.2) is 0 Å². The molecule has 0 saturated carbocycles. The molecule has 0 radical (unpaired) electrons. The number of hydrogen-bond donors (Lipinski definition) is 1. The summed E-state index contributed by atoms with van der Waals surface area (Å²) in [6.45, 7) is 1.94. The fourth-order valence-electron chi connectivity index (χ4n) is 2.60. The molecule has 4 nitrogen and oxygen atoms in total. The molecule has 1 N–H and O–H groups in total. The van der Waals surface area contributed by atoms with E-state index in [4.69, 9.17) is 4.74 Å². The minimum absolute atomic E-state index is 0.0561. The van der Waals surface area contributed by atoms with Crippen LogP contribution in [0.25, 0.3) is 11.1 Å². The highest BCUT2D eigenvalue weighted by molar-refractivity contribution is 9.10. The van der Waals surface area contributed by atoms with E-state index in [1.807, 2.05) is 6.07 Å². The zero-order chi connectivity index (χ0) is 18.7. The average molecular weight is 413 g/mol. The van der Waals surface area contributed by atoms with Crippen LogP contribution in [0.15, 0.2) is 57.8 Å². The molecule has 3 rings (SSSR count). The standard InChI is InChI=1S/C20H14BrFN2O2/c1-12-7-17(18(10-23)20(25)24-12)13-3-2-4-16(9-13)26-11-14-8-15(22)5-6-19(14)21/h2-9H,11H2,1H3,(H,24,25). The monoisotopic (exact) mass is 412 g/mol. The Bertz CT molecular complexity index is 1070. The topological polar surface area (TPSA) is 65.9 Å². The number of nitrogens with zero attached hydrogens (tertiary/aromatic N) is 1. The van der Waals surface area contributed by atoms with E-state index in [1.54, 1.807) is 43.3 Å². The molecule has 3 aromatic rings. The fraction of sp³-hybridized carbons (Fsp3) is 0.100. The maximum absolute atomic E-state index is 13.4. The van der Waals surface area contributed by atoms with Crippen LogP contribution in [0.4, 0.5) is 4.39 Å². The van der Waals surface area contributed by atoms with Crippen LogP contribution in [0.1, 0.15) is 16.8 Å². The molecule has 0 aliphatic carbocycles. The molecular weight excluding hydrogens is 399 g/mol. The first-order chi connectivity index (χ1) is 12.5. The zero-order valence-corrected chi connectivity index (χ0v) is 15.4. The molecule has 0 unspecified atom stereocenters. The van der Waals surface area contributed by atoms with E-state index in [2.05, 4.69) is 20.9 Å². The number of ether oxygens (including phenoxy) is 1. The molecule has 0 aliphatic rings. The van der Waals surface area contributed by atoms with E-state index < -0.39 is 5.56 Å². The Morgan fingerprint density at radius 2 is 2.04 bits per heavy atom. The minimum atomic E-state index is -0.419. The van der Waals surface area contributed by atoms with Gasteiger partial charge in [0.2, 0.25) is 0 Å². The van der Waals surface area contributed by atoms with Crippen molar-refractivity contribution in [1.29, 1.82) is 5.26 Å². The van der Waals surface area contributed by atoms with Gasteiger partial charge in [0.05, 0.1) is 0 Å². The van der Waals surface area contributed by atoms with Crippen molar-refractivity contribution in [2.45, 2.75) is 13.5 Å². The highest BCUT2D eigenvalue weighted by Crippen LogP contribution is 2.27. The molecule has 2 aromatic carbocycles. The Morgan fingerprint density at radius 1 is 1.23 bits per heavy atom. The van der Waals surface area contributed by atoms with E-state index >= 15 is 0 Å². The van der Waals surface area contributed by atoms with Crippen molar-refractivity contribution in [2.24, 2.45) is 0 Å². The quantitative estimate of drug-likeness (QED) is 0.674. The summed E-state index contributed by atoms with van der Waals surface area (Å²) in [6, 6.07) is 15.2. The first-order valence-electron chi connectivity index (χ1n) is 7.79. The van der Waals surface area contributed by atoms with Crippen molar-refractivity contribution in [3.05, 3.63) is 86.0 Å². The molecule has 26 heavy (non-hydrogen) atoms. The SMILES string of the molecule is Cc1cc(-c2cccc(OCc3cc(F)ccc3Br)c2)c(C#N)c(=O)[nH]1. The summed E-state index contributed by atoms with van der Waals surface area (Å²) in [4.78, 5) is 14.6. The first-order valence-corrected chi connectivity index (χ1v) is 8.58. The summed E-state index contributed by atoms with van der Waals surface area (Å²) in [5, 5.41) is 9.29. The third kappa shape index (κ3) is 3.84. The van der Waals surface area contributed by atoms with Crippen LogP contribution < -0.4 is 10.3 Å². The van der Waals surface area contributed by atoms with Crippen molar-refractivity contribution in [3.8, 4) is 22.9 Å². The van der Waals surface area contributed by atoms with Crippen LogP contribution in [0.2, 0.25) is 0 Å². The van der Waals surface area contributed by atoms with E-state index in [-0.39, 0.29) is 18.0 Å². The average Bonchev–Trinajstić information content (AvgIpc) is 2.62. The smallest absolute Gasteiger partial charge is 0.266 e. The number of aryl methyl sites for hydroxylation is 1. The number of pyridine rings is 1. The maximum atomic E-state index is 13.4. The van der Waals surface area contributed by atoms with Crippen molar-refractivity contribution in [2.75, 3.05) is 0 Å². The third-order valence-corrected chi connectivity index (χ3v) is 4.60. The predicted molar refractivity (Wildman–Crippen MR) is 100 cm³/mol. The van der Waals surface area contributed by atoms with Gasteiger partial charge in [-0.15, -0.1) is 0 Å². The molecule has 1 heterocycles. The number of nitriles is 1. The Hall–Kier alpha value is -2.91. The summed E-state index contributed by atoms with van der Waals surface area (Å²) >= 11 is 3.37. The largest absolute Gasteiger partial charge is 0.489 e. The lowest BCUT2D eigenvalue weighted by molar-refractivity contribution is 0.305. The molecule has 1 aromatic heterocycles. The second-order valence-electron chi connectivity index (χ2n) is 5.73. The third-order valence-electron chi connectivity index (χ3n) is 3.83. The lowest BCUT2D eigenvalue weighted by atomic mass is 10.0. The number of H-pyrrole nitrogens is 1. The van der Waals surface area contributed by atoms with Crippen LogP contribution in [0, 0.1) is 24.1 Å². The lowest BCUT2D eigenvalue weighted by Gasteiger charge is -2.11. The van der Waals surface area contributed by atoms with Gasteiger partial charge >= 0.3 is 0 Å². The van der Waals surface area contributed by atoms with Gasteiger partial charge in [0.25, 0.3) is 5.56 Å². The molecule has 0 atom stereocenters. The van der Waals surface area contributed by atoms with E-state index in [0.29, 0.717) is 28.1 Å². The number of hydrogen-bond acceptors (Lipinski definition) is 3. The molecular formula is C20H14BrFN2O2. The van der Waals surface area contributed by atoms with Gasteiger partial charge in [-0.25, -0.2) is 4.39 Å². The van der Waals surface area contributed by atoms with Crippen LogP contribution in [-0.4, -0.2) is 4.98 Å². The van der Waals surface area contributed by atoms with Gasteiger partial charge in [0, 0.05) is 21.3 Å². The lowest BCUT2D eigenvalue weighted by Crippen LogP contribution is -2.12. The Morgan fingerprint density at radius 3 is 2.81 bits per heavy atom. The number of rotatable bonds is 4. The maximum Gasteiger partial charge on any atom is 0.266 e. The Kier molecular flexibility index (Phi) is 5.19. The van der Waals surface area contributed by atoms with Crippen molar-refractivity contribution in [3.63, 3.8) is 0 Å². The van der Waals surface area contributed by atoms with Crippen LogP contribution in [0.3, 0.4) is 0 Å². The second-order valence-corrected chi connectivity index (χ2v) is 6.59. The van der Waals surface area contributed by atoms with Gasteiger partial charge in [-0.1, -0.05) is 28.1 Å². The summed E-state index contributed by atoms with van der Waals surface area (Å²) in [5.41, 5.74) is 2.23. The van der Waals surface area contributed by atoms with Gasteiger partial charge < -0.3 is 9.72 Å². The fourth-order valence-corrected chi connectivity index (χ4v) is 2.96. The van der Waals surface area contributed by atoms with Crippen molar-refractivity contribution >= 4 is 15.9 Å². The van der Waals surface area contributed by atoms with Crippen molar-refractivity contribution in [1.82, 2.24) is 4.98 Å². The number of halogens is 2. The zero-order valence-electron chi connectivity index (χ0n) is 13.8. The number of nitrogens with one attached hydrogen (secondary N) is 1. The molecule has 0 fully saturated rings. The number of aromatic amines is 1. The molecule has 0 amide bonds. The first kappa shape index (κ1) is 17.9. The summed E-state index contributed by atoms with van der Waals surface area (Å²) in [7, 11) is 0. The van der Waals surface area contributed by atoms with E-state index in [9.17, 15) is 14.4 Å². The molecule has 6 heteroatoms. The van der Waals surface area contributed by atoms with Crippen molar-refractivity contribution < 1.29 is 9.13 Å².